The first-order chi connectivity index (χ1) is 7.46. The van der Waals surface area contributed by atoms with Crippen molar-refractivity contribution in [1.29, 1.82) is 0 Å². The van der Waals surface area contributed by atoms with Crippen molar-refractivity contribution in [2.24, 2.45) is 0 Å². The molecular formula is C6H7K2O10P. The predicted molar refractivity (Wildman–Crippen MR) is 42.3 cm³/mol. The Labute approximate surface area is 192 Å². The van der Waals surface area contributed by atoms with E-state index in [2.05, 4.69) is 4.52 Å². The quantitative estimate of drug-likeness (QED) is 0.307. The van der Waals surface area contributed by atoms with Gasteiger partial charge >= 0.3 is 117 Å². The van der Waals surface area contributed by atoms with Gasteiger partial charge in [0.05, 0.1) is 12.4 Å². The molecule has 98 valence electrons. The minimum absolute atomic E-state index is 0. The van der Waals surface area contributed by atoms with Crippen molar-refractivity contribution in [2.45, 2.75) is 18.4 Å². The van der Waals surface area contributed by atoms with Crippen LogP contribution in [0.2, 0.25) is 0 Å². The zero-order valence-electron chi connectivity index (χ0n) is 10.1. The fraction of sp³-hybridized carbons (Fsp3) is 0.500. The summed E-state index contributed by atoms with van der Waals surface area (Å²) >= 11 is 0. The molecule has 0 radical (unpaired) electrons. The number of carboxylic acid groups (broad SMARTS) is 2. The third-order valence-electron chi connectivity index (χ3n) is 1.47. The molecule has 3 N–H and O–H groups in total. The molecular weight excluding hydrogens is 341 g/mol. The van der Waals surface area contributed by atoms with Gasteiger partial charge in [-0.3, -0.25) is 14.6 Å². The van der Waals surface area contributed by atoms with Crippen LogP contribution in [0, 0.1) is 0 Å². The van der Waals surface area contributed by atoms with Crippen molar-refractivity contribution in [3.8, 4) is 0 Å². The number of carboxylic acids is 2. The van der Waals surface area contributed by atoms with Crippen LogP contribution in [-0.2, 0) is 23.5 Å². The second-order valence-electron chi connectivity index (χ2n) is 3.00. The van der Waals surface area contributed by atoms with Gasteiger partial charge in [0.1, 0.15) is 5.60 Å². The summed E-state index contributed by atoms with van der Waals surface area (Å²) in [6.07, 6.45) is -3.00. The van der Waals surface area contributed by atoms with E-state index in [1.165, 1.54) is 0 Å². The third kappa shape index (κ3) is 12.1. The van der Waals surface area contributed by atoms with Crippen LogP contribution in [0.4, 0.5) is 0 Å². The van der Waals surface area contributed by atoms with Gasteiger partial charge in [-0.2, -0.15) is 0 Å². The van der Waals surface area contributed by atoms with E-state index in [1.807, 2.05) is 0 Å². The van der Waals surface area contributed by atoms with Gasteiger partial charge in [-0.1, -0.05) is 0 Å². The molecule has 13 heteroatoms. The molecule has 0 fully saturated rings. The summed E-state index contributed by atoms with van der Waals surface area (Å²) < 4.78 is 13.6. The maximum Gasteiger partial charge on any atom is 1.00 e. The summed E-state index contributed by atoms with van der Waals surface area (Å²) in [4.78, 5) is 47.7. The molecule has 10 nitrogen and oxygen atoms in total. The number of rotatable bonds is 6. The van der Waals surface area contributed by atoms with Crippen molar-refractivity contribution < 1.29 is 151 Å². The molecule has 0 heterocycles. The van der Waals surface area contributed by atoms with Crippen molar-refractivity contribution in [3.05, 3.63) is 0 Å². The molecule has 0 amide bonds. The smallest absolute Gasteiger partial charge is 0.550 e. The van der Waals surface area contributed by atoms with Crippen molar-refractivity contribution >= 4 is 25.7 Å². The van der Waals surface area contributed by atoms with Gasteiger partial charge in [0.25, 0.3) is 0 Å². The minimum atomic E-state index is -5.21. The normalized spacial score (nSPS) is 13.2. The van der Waals surface area contributed by atoms with Gasteiger partial charge in [0.2, 0.25) is 0 Å². The predicted octanol–water partition coefficient (Wildman–Crippen LogP) is -10.4. The molecule has 0 saturated carbocycles. The minimum Gasteiger partial charge on any atom is -0.550 e. The van der Waals surface area contributed by atoms with E-state index in [0.717, 1.165) is 0 Å². The number of hydrogen-bond donors (Lipinski definition) is 3. The van der Waals surface area contributed by atoms with Crippen LogP contribution in [0.1, 0.15) is 12.8 Å². The van der Waals surface area contributed by atoms with Gasteiger partial charge in [-0.05, 0) is 0 Å². The average Bonchev–Trinajstić information content (AvgIpc) is 1.96. The summed E-state index contributed by atoms with van der Waals surface area (Å²) in [6, 6.07) is 0. The molecule has 0 saturated heterocycles. The summed E-state index contributed by atoms with van der Waals surface area (Å²) in [6.45, 7) is 0. The fourth-order valence-electron chi connectivity index (χ4n) is 0.849. The number of carbonyl (C=O) groups excluding carboxylic acids is 3. The zero-order valence-corrected chi connectivity index (χ0v) is 17.2. The fourth-order valence-corrected chi connectivity index (χ4v) is 1.18. The van der Waals surface area contributed by atoms with Crippen LogP contribution in [0.3, 0.4) is 0 Å². The van der Waals surface area contributed by atoms with Crippen LogP contribution in [0.15, 0.2) is 0 Å². The molecule has 0 rings (SSSR count). The van der Waals surface area contributed by atoms with E-state index in [4.69, 9.17) is 9.79 Å². The standard InChI is InChI=1S/C6H9O10P.2K/c7-3(8)1-6(12,5(10)11)2-4(9)16-17(13,14)15;;/h12H,1-2H2,(H,7,8)(H,10,11)(H2,13,14,15);;/q;2*+1/p-2. The second-order valence-corrected chi connectivity index (χ2v) is 4.16. The van der Waals surface area contributed by atoms with Crippen molar-refractivity contribution in [1.82, 2.24) is 0 Å². The summed E-state index contributed by atoms with van der Waals surface area (Å²) in [5, 5.41) is 29.7. The van der Waals surface area contributed by atoms with Gasteiger partial charge < -0.3 is 29.4 Å². The summed E-state index contributed by atoms with van der Waals surface area (Å²) in [5.74, 6) is -6.11. The van der Waals surface area contributed by atoms with Crippen molar-refractivity contribution in [2.75, 3.05) is 0 Å². The van der Waals surface area contributed by atoms with E-state index in [0.29, 0.717) is 0 Å². The largest absolute Gasteiger partial charge is 1.00 e. The van der Waals surface area contributed by atoms with Gasteiger partial charge in [-0.15, -0.1) is 0 Å². The van der Waals surface area contributed by atoms with E-state index < -0.39 is 44.2 Å². The molecule has 0 aromatic rings. The number of aliphatic hydroxyl groups is 1. The number of phosphoric ester groups is 1. The number of aliphatic carboxylic acids is 2. The number of carbonyl (C=O) groups is 3. The van der Waals surface area contributed by atoms with E-state index in [9.17, 15) is 34.3 Å². The molecule has 0 aliphatic carbocycles. The Bertz CT molecular complexity index is 391. The second kappa shape index (κ2) is 10.5. The molecule has 0 spiro atoms. The molecule has 19 heavy (non-hydrogen) atoms. The van der Waals surface area contributed by atoms with Gasteiger partial charge in [-0.25, -0.2) is 4.57 Å². The molecule has 0 bridgehead atoms. The monoisotopic (exact) mass is 348 g/mol. The first kappa shape index (κ1) is 25.7. The van der Waals surface area contributed by atoms with Crippen LogP contribution < -0.4 is 113 Å². The van der Waals surface area contributed by atoms with Crippen LogP contribution in [0.25, 0.3) is 0 Å². The Morgan fingerprint density at radius 3 is 1.79 bits per heavy atom. The molecule has 0 aliphatic heterocycles. The topological polar surface area (TPSA) is 184 Å². The van der Waals surface area contributed by atoms with Crippen molar-refractivity contribution in [3.63, 3.8) is 0 Å². The summed E-state index contributed by atoms with van der Waals surface area (Å²) in [5.41, 5.74) is -3.16. The summed E-state index contributed by atoms with van der Waals surface area (Å²) in [7, 11) is -5.21. The van der Waals surface area contributed by atoms with E-state index in [-0.39, 0.29) is 103 Å². The zero-order chi connectivity index (χ0) is 13.9. The van der Waals surface area contributed by atoms with E-state index in [1.54, 1.807) is 0 Å². The van der Waals surface area contributed by atoms with Gasteiger partial charge in [0, 0.05) is 12.4 Å². The Balaban J connectivity index is -0.00000128. The molecule has 1 atom stereocenters. The Kier molecular flexibility index (Phi) is 14.2. The van der Waals surface area contributed by atoms with Crippen LogP contribution >= 0.6 is 7.82 Å². The molecule has 0 aromatic carbocycles. The first-order valence-corrected chi connectivity index (χ1v) is 5.41. The Hall–Kier alpha value is 1.79. The van der Waals surface area contributed by atoms with Gasteiger partial charge in [0.15, 0.2) is 0 Å². The maximum atomic E-state index is 10.8. The Morgan fingerprint density at radius 2 is 1.53 bits per heavy atom. The molecule has 0 aliphatic rings. The average molecular weight is 348 g/mol. The Morgan fingerprint density at radius 1 is 1.11 bits per heavy atom. The van der Waals surface area contributed by atoms with Crippen LogP contribution in [0.5, 0.6) is 0 Å². The third-order valence-corrected chi connectivity index (χ3v) is 1.92. The SMILES string of the molecule is O=C([O-])CC(O)(CC(=O)OP(=O)(O)O)C(=O)[O-].[K+].[K+]. The number of hydrogen-bond acceptors (Lipinski definition) is 8. The maximum absolute atomic E-state index is 10.8. The van der Waals surface area contributed by atoms with E-state index >= 15 is 0 Å². The molecule has 1 unspecified atom stereocenters. The number of phosphoric acid groups is 1. The molecule has 0 aromatic heterocycles. The van der Waals surface area contributed by atoms with Crippen LogP contribution in [-0.4, -0.2) is 38.4 Å². The first-order valence-electron chi connectivity index (χ1n) is 3.88.